The molecule has 1 aromatic heterocycles. The van der Waals surface area contributed by atoms with Gasteiger partial charge in [0.25, 0.3) is 11.8 Å². The Balaban J connectivity index is 1.43. The van der Waals surface area contributed by atoms with E-state index in [1.54, 1.807) is 12.1 Å². The second-order valence-corrected chi connectivity index (χ2v) is 9.21. The van der Waals surface area contributed by atoms with Crippen LogP contribution in [0.4, 0.5) is 0 Å². The van der Waals surface area contributed by atoms with E-state index in [0.29, 0.717) is 30.8 Å². The molecular weight excluding hydrogens is 462 g/mol. The Bertz CT molecular complexity index is 1370. The zero-order valence-corrected chi connectivity index (χ0v) is 20.8. The maximum absolute atomic E-state index is 13.9. The van der Waals surface area contributed by atoms with E-state index in [-0.39, 0.29) is 11.8 Å². The van der Waals surface area contributed by atoms with Crippen LogP contribution in [0.25, 0.3) is 0 Å². The lowest BCUT2D eigenvalue weighted by molar-refractivity contribution is 0.0694. The van der Waals surface area contributed by atoms with Crippen LogP contribution in [0.3, 0.4) is 0 Å². The second kappa shape index (κ2) is 11.1. The number of hydrogen-bond acceptors (Lipinski definition) is 4. The number of hydrogen-bond donors (Lipinski definition) is 1. The number of nitrogens with zero attached hydrogens (tertiary/aromatic N) is 2. The van der Waals surface area contributed by atoms with Crippen LogP contribution < -0.4 is 5.43 Å². The Hall–Kier alpha value is -4.45. The molecule has 0 spiro atoms. The Morgan fingerprint density at radius 2 is 1.41 bits per heavy atom. The van der Waals surface area contributed by atoms with Crippen molar-refractivity contribution in [1.82, 2.24) is 10.3 Å². The molecule has 0 unspecified atom stereocenters. The molecule has 0 radical (unpaired) electrons. The fourth-order valence-corrected chi connectivity index (χ4v) is 4.71. The first-order valence-electron chi connectivity index (χ1n) is 12.5. The minimum Gasteiger partial charge on any atom is -0.455 e. The number of carbonyl (C=O) groups is 2. The smallest absolute Gasteiger partial charge is 0.290 e. The Morgan fingerprint density at radius 3 is 2.00 bits per heavy atom. The van der Waals surface area contributed by atoms with E-state index in [1.165, 1.54) is 0 Å². The molecule has 1 aliphatic rings. The van der Waals surface area contributed by atoms with Gasteiger partial charge in [0.2, 0.25) is 0 Å². The van der Waals surface area contributed by atoms with Crippen LogP contribution in [0.5, 0.6) is 0 Å². The molecule has 0 atom stereocenters. The highest BCUT2D eigenvalue weighted by Crippen LogP contribution is 2.31. The predicted molar refractivity (Wildman–Crippen MR) is 143 cm³/mol. The van der Waals surface area contributed by atoms with Crippen molar-refractivity contribution in [2.24, 2.45) is 5.10 Å². The van der Waals surface area contributed by atoms with Gasteiger partial charge in [-0.15, -0.1) is 0 Å². The molecule has 0 fully saturated rings. The van der Waals surface area contributed by atoms with Gasteiger partial charge in [-0.1, -0.05) is 78.9 Å². The van der Waals surface area contributed by atoms with E-state index >= 15 is 0 Å². The summed E-state index contributed by atoms with van der Waals surface area (Å²) in [6.45, 7) is 2.83. The first-order valence-corrected chi connectivity index (χ1v) is 12.5. The van der Waals surface area contributed by atoms with Gasteiger partial charge < -0.3 is 9.32 Å². The molecule has 37 heavy (non-hydrogen) atoms. The molecular formula is C31H29N3O3. The number of aryl methyl sites for hydroxylation is 1. The highest BCUT2D eigenvalue weighted by molar-refractivity contribution is 6.07. The Morgan fingerprint density at radius 1 is 0.838 bits per heavy atom. The number of rotatable bonds is 7. The topological polar surface area (TPSA) is 74.9 Å². The molecule has 1 aliphatic carbocycles. The van der Waals surface area contributed by atoms with Gasteiger partial charge in [0.1, 0.15) is 5.76 Å². The molecule has 0 saturated carbocycles. The van der Waals surface area contributed by atoms with Crippen molar-refractivity contribution in [3.05, 3.63) is 130 Å². The minimum atomic E-state index is -0.269. The van der Waals surface area contributed by atoms with Gasteiger partial charge in [0, 0.05) is 36.2 Å². The summed E-state index contributed by atoms with van der Waals surface area (Å²) < 4.78 is 6.19. The first-order chi connectivity index (χ1) is 18.1. The molecule has 6 nitrogen and oxygen atoms in total. The molecule has 0 aliphatic heterocycles. The minimum absolute atomic E-state index is 0.160. The molecule has 4 aromatic rings. The Labute approximate surface area is 216 Å². The van der Waals surface area contributed by atoms with Crippen LogP contribution in [0.2, 0.25) is 0 Å². The second-order valence-electron chi connectivity index (χ2n) is 9.21. The first kappa shape index (κ1) is 24.3. The van der Waals surface area contributed by atoms with Crippen molar-refractivity contribution in [3.8, 4) is 0 Å². The maximum Gasteiger partial charge on any atom is 0.290 e. The molecule has 5 rings (SSSR count). The molecule has 186 valence electrons. The third-order valence-electron chi connectivity index (χ3n) is 6.57. The lowest BCUT2D eigenvalue weighted by atomic mass is 9.93. The summed E-state index contributed by atoms with van der Waals surface area (Å²) >= 11 is 0. The van der Waals surface area contributed by atoms with E-state index in [9.17, 15) is 9.59 Å². The molecule has 6 heteroatoms. The van der Waals surface area contributed by atoms with Gasteiger partial charge in [-0.25, -0.2) is 5.43 Å². The van der Waals surface area contributed by atoms with Crippen LogP contribution in [-0.4, -0.2) is 22.4 Å². The number of furan rings is 1. The van der Waals surface area contributed by atoms with Crippen molar-refractivity contribution in [3.63, 3.8) is 0 Å². The van der Waals surface area contributed by atoms with Gasteiger partial charge in [0.05, 0.1) is 5.71 Å². The highest BCUT2D eigenvalue weighted by Gasteiger charge is 2.30. The van der Waals surface area contributed by atoms with Crippen LogP contribution in [0, 0.1) is 6.92 Å². The maximum atomic E-state index is 13.9. The monoisotopic (exact) mass is 491 g/mol. The zero-order chi connectivity index (χ0) is 25.6. The van der Waals surface area contributed by atoms with Crippen LogP contribution in [0.1, 0.15) is 61.8 Å². The number of amides is 2. The molecule has 1 N–H and O–H groups in total. The third-order valence-corrected chi connectivity index (χ3v) is 6.57. The predicted octanol–water partition coefficient (Wildman–Crippen LogP) is 5.90. The van der Waals surface area contributed by atoms with Gasteiger partial charge in [0.15, 0.2) is 5.76 Å². The molecule has 0 bridgehead atoms. The molecule has 2 amide bonds. The van der Waals surface area contributed by atoms with E-state index < -0.39 is 0 Å². The van der Waals surface area contributed by atoms with Gasteiger partial charge in [-0.3, -0.25) is 9.59 Å². The van der Waals surface area contributed by atoms with E-state index in [2.05, 4.69) is 10.5 Å². The van der Waals surface area contributed by atoms with Gasteiger partial charge in [-0.05, 0) is 43.0 Å². The number of nitrogens with one attached hydrogen (secondary N) is 1. The van der Waals surface area contributed by atoms with Crippen LogP contribution >= 0.6 is 0 Å². The largest absolute Gasteiger partial charge is 0.455 e. The van der Waals surface area contributed by atoms with Gasteiger partial charge in [-0.2, -0.15) is 5.10 Å². The van der Waals surface area contributed by atoms with E-state index in [0.717, 1.165) is 46.6 Å². The summed E-state index contributed by atoms with van der Waals surface area (Å²) in [5.41, 5.74) is 7.65. The summed E-state index contributed by atoms with van der Waals surface area (Å²) in [4.78, 5) is 28.2. The molecule has 0 saturated heterocycles. The van der Waals surface area contributed by atoms with Gasteiger partial charge >= 0.3 is 0 Å². The molecule has 3 aromatic carbocycles. The summed E-state index contributed by atoms with van der Waals surface area (Å²) in [7, 11) is 0. The number of fused-ring (bicyclic) bond motifs is 1. The number of benzene rings is 3. The number of hydrazone groups is 1. The van der Waals surface area contributed by atoms with Crippen molar-refractivity contribution >= 4 is 17.5 Å². The van der Waals surface area contributed by atoms with Crippen molar-refractivity contribution < 1.29 is 14.0 Å². The third kappa shape index (κ3) is 5.54. The summed E-state index contributed by atoms with van der Waals surface area (Å²) in [6, 6.07) is 28.9. The fraction of sp³-hybridized carbons (Fsp3) is 0.194. The standard InChI is InChI=1S/C31H29N3O3/c1-22-28-26(32-33-30(35)25-16-9-4-10-17-25)18-11-19-27(28)37-29(22)31(36)34(20-23-12-5-2-6-13-23)21-24-14-7-3-8-15-24/h2-10,12-17H,11,18-21H2,1H3,(H,33,35)/b32-26+. The Kier molecular flexibility index (Phi) is 7.26. The summed E-state index contributed by atoms with van der Waals surface area (Å²) in [6.07, 6.45) is 2.27. The van der Waals surface area contributed by atoms with Crippen LogP contribution in [0.15, 0.2) is 101 Å². The van der Waals surface area contributed by atoms with E-state index in [1.807, 2.05) is 90.7 Å². The highest BCUT2D eigenvalue weighted by atomic mass is 16.4. The summed E-state index contributed by atoms with van der Waals surface area (Å²) in [5.74, 6) is 0.655. The van der Waals surface area contributed by atoms with Crippen molar-refractivity contribution in [2.45, 2.75) is 39.3 Å². The number of carbonyl (C=O) groups excluding carboxylic acids is 2. The average molecular weight is 492 g/mol. The van der Waals surface area contributed by atoms with Crippen molar-refractivity contribution in [1.29, 1.82) is 0 Å². The lowest BCUT2D eigenvalue weighted by Crippen LogP contribution is -2.30. The normalized spacial score (nSPS) is 13.7. The quantitative estimate of drug-likeness (QED) is 0.327. The van der Waals surface area contributed by atoms with E-state index in [4.69, 9.17) is 4.42 Å². The van der Waals surface area contributed by atoms with Crippen LogP contribution in [-0.2, 0) is 19.5 Å². The fourth-order valence-electron chi connectivity index (χ4n) is 4.71. The molecule has 1 heterocycles. The zero-order valence-electron chi connectivity index (χ0n) is 20.8. The SMILES string of the molecule is Cc1c(C(=O)N(Cc2ccccc2)Cc2ccccc2)oc2c1/C(=N/NC(=O)c1ccccc1)CCC2. The summed E-state index contributed by atoms with van der Waals surface area (Å²) in [5, 5.41) is 4.45. The average Bonchev–Trinajstić information content (AvgIpc) is 3.29. The lowest BCUT2D eigenvalue weighted by Gasteiger charge is -2.22. The van der Waals surface area contributed by atoms with Crippen molar-refractivity contribution in [2.75, 3.05) is 0 Å².